The third-order valence-electron chi connectivity index (χ3n) is 5.06. The fourth-order valence-corrected chi connectivity index (χ4v) is 3.31. The summed E-state index contributed by atoms with van der Waals surface area (Å²) in [5, 5.41) is 4.03. The van der Waals surface area contributed by atoms with Crippen molar-refractivity contribution in [1.29, 1.82) is 0 Å². The lowest BCUT2D eigenvalue weighted by Gasteiger charge is -2.22. The van der Waals surface area contributed by atoms with Crippen LogP contribution < -0.4 is 14.2 Å². The van der Waals surface area contributed by atoms with E-state index in [1.54, 1.807) is 46.4 Å². The summed E-state index contributed by atoms with van der Waals surface area (Å²) >= 11 is 0. The predicted octanol–water partition coefficient (Wildman–Crippen LogP) is 4.30. The van der Waals surface area contributed by atoms with Gasteiger partial charge in [0.05, 0.1) is 26.3 Å². The van der Waals surface area contributed by atoms with Gasteiger partial charge in [0, 0.05) is 13.1 Å². The fraction of sp³-hybridized carbons (Fsp3) is 0.375. The second kappa shape index (κ2) is 10.2. The fourth-order valence-electron chi connectivity index (χ4n) is 3.31. The van der Waals surface area contributed by atoms with Crippen LogP contribution in [-0.4, -0.2) is 48.3 Å². The average molecular weight is 440 g/mol. The van der Waals surface area contributed by atoms with Gasteiger partial charge in [-0.05, 0) is 36.6 Å². The van der Waals surface area contributed by atoms with Crippen molar-refractivity contribution in [3.05, 3.63) is 53.9 Å². The number of nitrogens with zero attached hydrogens (tertiary/aromatic N) is 3. The number of para-hydroxylation sites is 1. The number of benzene rings is 2. The molecule has 1 atom stereocenters. The molecule has 1 aromatic heterocycles. The number of carbonyl (C=O) groups is 1. The maximum Gasteiger partial charge on any atom is 0.263 e. The Balaban J connectivity index is 1.68. The number of rotatable bonds is 9. The molecule has 1 amide bonds. The molecule has 0 aliphatic heterocycles. The van der Waals surface area contributed by atoms with E-state index in [0.717, 1.165) is 5.56 Å². The summed E-state index contributed by atoms with van der Waals surface area (Å²) in [6, 6.07) is 13.1. The Morgan fingerprint density at radius 3 is 2.50 bits per heavy atom. The van der Waals surface area contributed by atoms with Gasteiger partial charge in [-0.15, -0.1) is 0 Å². The molecule has 0 saturated heterocycles. The van der Waals surface area contributed by atoms with Crippen molar-refractivity contribution in [2.45, 2.75) is 39.3 Å². The molecule has 0 spiro atoms. The topological polar surface area (TPSA) is 86.9 Å². The van der Waals surface area contributed by atoms with Gasteiger partial charge in [0.2, 0.25) is 11.7 Å². The van der Waals surface area contributed by atoms with E-state index in [9.17, 15) is 4.79 Å². The Bertz CT molecular complexity index is 1060. The molecule has 0 radical (unpaired) electrons. The van der Waals surface area contributed by atoms with Crippen LogP contribution in [0.25, 0.3) is 11.4 Å². The van der Waals surface area contributed by atoms with E-state index >= 15 is 0 Å². The zero-order valence-corrected chi connectivity index (χ0v) is 19.3. The van der Waals surface area contributed by atoms with E-state index in [4.69, 9.17) is 18.7 Å². The molecule has 0 bridgehead atoms. The smallest absolute Gasteiger partial charge is 0.263 e. The van der Waals surface area contributed by atoms with Gasteiger partial charge in [0.25, 0.3) is 5.91 Å². The van der Waals surface area contributed by atoms with Crippen LogP contribution in [-0.2, 0) is 11.3 Å². The van der Waals surface area contributed by atoms with Crippen molar-refractivity contribution < 1.29 is 23.5 Å². The monoisotopic (exact) mass is 439 g/mol. The highest BCUT2D eigenvalue weighted by atomic mass is 16.5. The first-order valence-electron chi connectivity index (χ1n) is 10.4. The van der Waals surface area contributed by atoms with Crippen LogP contribution in [0.4, 0.5) is 0 Å². The molecule has 3 rings (SSSR count). The van der Waals surface area contributed by atoms with Crippen molar-refractivity contribution >= 4 is 5.91 Å². The molecule has 8 heteroatoms. The second-order valence-electron chi connectivity index (χ2n) is 7.72. The van der Waals surface area contributed by atoms with Crippen LogP contribution in [0.15, 0.2) is 47.0 Å². The Morgan fingerprint density at radius 2 is 1.81 bits per heavy atom. The van der Waals surface area contributed by atoms with E-state index in [2.05, 4.69) is 24.0 Å². The van der Waals surface area contributed by atoms with Gasteiger partial charge in [-0.2, -0.15) is 4.98 Å². The van der Waals surface area contributed by atoms with Crippen LogP contribution in [0, 0.1) is 0 Å². The number of methoxy groups -OCH3 is 2. The van der Waals surface area contributed by atoms with E-state index < -0.39 is 6.10 Å². The highest BCUT2D eigenvalue weighted by Gasteiger charge is 2.23. The highest BCUT2D eigenvalue weighted by Crippen LogP contribution is 2.31. The number of hydrogen-bond acceptors (Lipinski definition) is 7. The largest absolute Gasteiger partial charge is 0.497 e. The highest BCUT2D eigenvalue weighted by molar-refractivity contribution is 5.80. The summed E-state index contributed by atoms with van der Waals surface area (Å²) in [6.07, 6.45) is -0.663. The molecule has 32 heavy (non-hydrogen) atoms. The minimum absolute atomic E-state index is 0.157. The minimum atomic E-state index is -0.663. The maximum atomic E-state index is 12.9. The molecule has 2 aromatic carbocycles. The van der Waals surface area contributed by atoms with Crippen LogP contribution >= 0.6 is 0 Å². The van der Waals surface area contributed by atoms with Gasteiger partial charge in [0.15, 0.2) is 6.10 Å². The molecule has 3 aromatic rings. The molecule has 0 N–H and O–H groups in total. The van der Waals surface area contributed by atoms with Crippen LogP contribution in [0.1, 0.15) is 38.1 Å². The van der Waals surface area contributed by atoms with E-state index in [-0.39, 0.29) is 18.4 Å². The van der Waals surface area contributed by atoms with Crippen molar-refractivity contribution in [3.63, 3.8) is 0 Å². The number of aromatic nitrogens is 2. The third-order valence-corrected chi connectivity index (χ3v) is 5.06. The van der Waals surface area contributed by atoms with Gasteiger partial charge in [-0.25, -0.2) is 0 Å². The molecule has 8 nitrogen and oxygen atoms in total. The summed E-state index contributed by atoms with van der Waals surface area (Å²) < 4.78 is 21.9. The molecular weight excluding hydrogens is 410 g/mol. The number of hydrogen-bond donors (Lipinski definition) is 0. The standard InChI is InChI=1S/C24H29N3O5/c1-15(2)18-9-7-8-10-20(18)31-16(3)24(28)27(4)14-22-25-23(26-32-22)19-12-11-17(29-5)13-21(19)30-6/h7-13,15-16H,14H2,1-6H3/t16-/m0/s1. The van der Waals surface area contributed by atoms with Crippen LogP contribution in [0.3, 0.4) is 0 Å². The lowest BCUT2D eigenvalue weighted by atomic mass is 10.0. The Kier molecular flexibility index (Phi) is 7.35. The summed E-state index contributed by atoms with van der Waals surface area (Å²) in [5.41, 5.74) is 1.73. The molecule has 0 saturated carbocycles. The summed E-state index contributed by atoms with van der Waals surface area (Å²) in [6.45, 7) is 6.07. The predicted molar refractivity (Wildman–Crippen MR) is 120 cm³/mol. The first-order chi connectivity index (χ1) is 15.3. The van der Waals surface area contributed by atoms with Crippen molar-refractivity contribution in [2.75, 3.05) is 21.3 Å². The van der Waals surface area contributed by atoms with Crippen molar-refractivity contribution in [1.82, 2.24) is 15.0 Å². The van der Waals surface area contributed by atoms with Gasteiger partial charge < -0.3 is 23.6 Å². The summed E-state index contributed by atoms with van der Waals surface area (Å²) in [4.78, 5) is 18.8. The summed E-state index contributed by atoms with van der Waals surface area (Å²) in [5.74, 6) is 2.71. The second-order valence-corrected chi connectivity index (χ2v) is 7.72. The lowest BCUT2D eigenvalue weighted by molar-refractivity contribution is -0.137. The molecule has 0 fully saturated rings. The van der Waals surface area contributed by atoms with Crippen molar-refractivity contribution in [3.8, 4) is 28.6 Å². The first-order valence-corrected chi connectivity index (χ1v) is 10.4. The zero-order valence-electron chi connectivity index (χ0n) is 19.3. The molecule has 1 heterocycles. The quantitative estimate of drug-likeness (QED) is 0.491. The average Bonchev–Trinajstić information content (AvgIpc) is 3.26. The first kappa shape index (κ1) is 23.1. The van der Waals surface area contributed by atoms with Gasteiger partial charge in [-0.3, -0.25) is 4.79 Å². The third kappa shape index (κ3) is 5.19. The van der Waals surface area contributed by atoms with Gasteiger partial charge in [0.1, 0.15) is 17.2 Å². The Hall–Kier alpha value is -3.55. The molecule has 0 aliphatic carbocycles. The summed E-state index contributed by atoms with van der Waals surface area (Å²) in [7, 11) is 4.82. The van der Waals surface area contributed by atoms with Crippen molar-refractivity contribution in [2.24, 2.45) is 0 Å². The molecule has 0 unspecified atom stereocenters. The number of likely N-dealkylation sites (N-methyl/N-ethyl adjacent to an activating group) is 1. The van der Waals surface area contributed by atoms with E-state index in [0.29, 0.717) is 34.5 Å². The van der Waals surface area contributed by atoms with Crippen LogP contribution in [0.5, 0.6) is 17.2 Å². The lowest BCUT2D eigenvalue weighted by Crippen LogP contribution is -2.37. The molecule has 0 aliphatic rings. The number of ether oxygens (including phenoxy) is 3. The normalized spacial score (nSPS) is 11.8. The zero-order chi connectivity index (χ0) is 23.3. The number of amides is 1. The minimum Gasteiger partial charge on any atom is -0.497 e. The molecular formula is C24H29N3O5. The Labute approximate surface area is 188 Å². The van der Waals surface area contributed by atoms with E-state index in [1.807, 2.05) is 24.3 Å². The van der Waals surface area contributed by atoms with Gasteiger partial charge >= 0.3 is 0 Å². The van der Waals surface area contributed by atoms with Gasteiger partial charge in [-0.1, -0.05) is 37.2 Å². The maximum absolute atomic E-state index is 12.9. The van der Waals surface area contributed by atoms with E-state index in [1.165, 1.54) is 4.90 Å². The SMILES string of the molecule is COc1ccc(-c2noc(CN(C)C(=O)[C@H](C)Oc3ccccc3C(C)C)n2)c(OC)c1. The molecule has 170 valence electrons. The Morgan fingerprint density at radius 1 is 1.06 bits per heavy atom. The number of carbonyl (C=O) groups excluding carboxylic acids is 1. The van der Waals surface area contributed by atoms with Crippen LogP contribution in [0.2, 0.25) is 0 Å².